The molecular weight excluding hydrogens is 328 g/mol. The topological polar surface area (TPSA) is 65.2 Å². The van der Waals surface area contributed by atoms with Gasteiger partial charge >= 0.3 is 5.97 Å². The number of carbonyl (C=O) groups excluding carboxylic acids is 1. The molecule has 2 fully saturated rings. The highest BCUT2D eigenvalue weighted by atomic mass is 35.5. The van der Waals surface area contributed by atoms with E-state index in [1.807, 2.05) is 0 Å². The van der Waals surface area contributed by atoms with Crippen LogP contribution in [0.4, 0.5) is 0 Å². The van der Waals surface area contributed by atoms with Gasteiger partial charge in [-0.05, 0) is 61.3 Å². The van der Waals surface area contributed by atoms with E-state index in [0.717, 1.165) is 17.4 Å². The van der Waals surface area contributed by atoms with E-state index in [4.69, 9.17) is 20.8 Å². The standard InChI is InChI=1S/C18H19ClN2O3/c19-15-5-3-12(4-6-15)18-21-20-16(24-18)10-23-17(22)9-14-8-11-1-2-13(14)7-11/h3-6,11,13-14H,1-2,7-10H2/t11-,13+,14+/m0/s1. The summed E-state index contributed by atoms with van der Waals surface area (Å²) in [4.78, 5) is 12.0. The van der Waals surface area contributed by atoms with Crippen LogP contribution in [-0.2, 0) is 16.1 Å². The number of ether oxygens (including phenoxy) is 1. The van der Waals surface area contributed by atoms with Crippen LogP contribution in [0.2, 0.25) is 5.02 Å². The molecule has 2 aromatic rings. The molecule has 1 aromatic heterocycles. The van der Waals surface area contributed by atoms with Gasteiger partial charge in [0.25, 0.3) is 5.89 Å². The first-order valence-corrected chi connectivity index (χ1v) is 8.79. The molecule has 126 valence electrons. The van der Waals surface area contributed by atoms with Crippen molar-refractivity contribution in [3.63, 3.8) is 0 Å². The van der Waals surface area contributed by atoms with Gasteiger partial charge in [0.05, 0.1) is 0 Å². The Kier molecular flexibility index (Phi) is 4.27. The molecule has 3 atom stereocenters. The number of hydrogen-bond acceptors (Lipinski definition) is 5. The molecule has 0 N–H and O–H groups in total. The number of benzene rings is 1. The van der Waals surface area contributed by atoms with Crippen LogP contribution < -0.4 is 0 Å². The van der Waals surface area contributed by atoms with E-state index >= 15 is 0 Å². The van der Waals surface area contributed by atoms with E-state index in [-0.39, 0.29) is 12.6 Å². The van der Waals surface area contributed by atoms with Crippen LogP contribution in [0.5, 0.6) is 0 Å². The van der Waals surface area contributed by atoms with Crippen LogP contribution in [0, 0.1) is 17.8 Å². The molecule has 2 aliphatic rings. The average molecular weight is 347 g/mol. The molecule has 2 bridgehead atoms. The van der Waals surface area contributed by atoms with Crippen LogP contribution >= 0.6 is 11.6 Å². The zero-order valence-electron chi connectivity index (χ0n) is 13.3. The van der Waals surface area contributed by atoms with Crippen molar-refractivity contribution in [2.45, 2.75) is 38.7 Å². The lowest BCUT2D eigenvalue weighted by Crippen LogP contribution is -2.17. The summed E-state index contributed by atoms with van der Waals surface area (Å²) in [6.07, 6.45) is 5.61. The van der Waals surface area contributed by atoms with Gasteiger partial charge in [-0.2, -0.15) is 0 Å². The third kappa shape index (κ3) is 3.31. The minimum Gasteiger partial charge on any atom is -0.456 e. The van der Waals surface area contributed by atoms with Crippen molar-refractivity contribution in [3.8, 4) is 11.5 Å². The van der Waals surface area contributed by atoms with Gasteiger partial charge in [0.15, 0.2) is 6.61 Å². The average Bonchev–Trinajstić information content (AvgIpc) is 3.30. The molecule has 0 radical (unpaired) electrons. The number of hydrogen-bond donors (Lipinski definition) is 0. The zero-order chi connectivity index (χ0) is 16.5. The van der Waals surface area contributed by atoms with Crippen molar-refractivity contribution in [3.05, 3.63) is 35.2 Å². The lowest BCUT2D eigenvalue weighted by atomic mass is 9.86. The first kappa shape index (κ1) is 15.6. The predicted octanol–water partition coefficient (Wildman–Crippen LogP) is 4.26. The monoisotopic (exact) mass is 346 g/mol. The van der Waals surface area contributed by atoms with E-state index in [1.54, 1.807) is 24.3 Å². The smallest absolute Gasteiger partial charge is 0.306 e. The van der Waals surface area contributed by atoms with Crippen LogP contribution in [0.3, 0.4) is 0 Å². The Hall–Kier alpha value is -1.88. The van der Waals surface area contributed by atoms with Crippen molar-refractivity contribution < 1.29 is 13.9 Å². The highest BCUT2D eigenvalue weighted by Crippen LogP contribution is 2.49. The minimum absolute atomic E-state index is 0.0280. The summed E-state index contributed by atoms with van der Waals surface area (Å²) in [5.41, 5.74) is 0.784. The van der Waals surface area contributed by atoms with Gasteiger partial charge in [0, 0.05) is 17.0 Å². The summed E-state index contributed by atoms with van der Waals surface area (Å²) in [5, 5.41) is 8.55. The maximum absolute atomic E-state index is 12.0. The SMILES string of the molecule is O=C(C[C@H]1C[C@H]2CC[C@@H]1C2)OCc1nnc(-c2ccc(Cl)cc2)o1. The van der Waals surface area contributed by atoms with Crippen molar-refractivity contribution in [1.82, 2.24) is 10.2 Å². The Morgan fingerprint density at radius 1 is 1.21 bits per heavy atom. The van der Waals surface area contributed by atoms with Gasteiger partial charge in [0.2, 0.25) is 5.89 Å². The highest BCUT2D eigenvalue weighted by molar-refractivity contribution is 6.30. The fourth-order valence-electron chi connectivity index (χ4n) is 4.06. The summed E-state index contributed by atoms with van der Waals surface area (Å²) in [7, 11) is 0. The van der Waals surface area contributed by atoms with Gasteiger partial charge in [-0.1, -0.05) is 18.0 Å². The van der Waals surface area contributed by atoms with E-state index in [9.17, 15) is 4.79 Å². The lowest BCUT2D eigenvalue weighted by molar-refractivity contribution is -0.147. The summed E-state index contributed by atoms with van der Waals surface area (Å²) in [6.45, 7) is 0.0280. The first-order chi connectivity index (χ1) is 11.7. The number of nitrogens with zero attached hydrogens (tertiary/aromatic N) is 2. The molecule has 1 heterocycles. The quantitative estimate of drug-likeness (QED) is 0.757. The third-order valence-electron chi connectivity index (χ3n) is 5.23. The molecule has 0 saturated heterocycles. The van der Waals surface area contributed by atoms with Gasteiger partial charge in [-0.15, -0.1) is 10.2 Å². The molecule has 0 unspecified atom stereocenters. The van der Waals surface area contributed by atoms with Gasteiger partial charge in [0.1, 0.15) is 0 Å². The first-order valence-electron chi connectivity index (χ1n) is 8.41. The summed E-state index contributed by atoms with van der Waals surface area (Å²) < 4.78 is 10.8. The number of carbonyl (C=O) groups is 1. The lowest BCUT2D eigenvalue weighted by Gasteiger charge is -2.20. The van der Waals surface area contributed by atoms with E-state index in [2.05, 4.69) is 10.2 Å². The molecule has 2 saturated carbocycles. The molecule has 4 rings (SSSR count). The fraction of sp³-hybridized carbons (Fsp3) is 0.500. The number of esters is 1. The van der Waals surface area contributed by atoms with Crippen LogP contribution in [0.15, 0.2) is 28.7 Å². The number of aromatic nitrogens is 2. The maximum atomic E-state index is 12.0. The van der Waals surface area contributed by atoms with E-state index in [0.29, 0.717) is 29.1 Å². The van der Waals surface area contributed by atoms with E-state index < -0.39 is 0 Å². The van der Waals surface area contributed by atoms with Crippen LogP contribution in [0.1, 0.15) is 38.0 Å². The molecule has 2 aliphatic carbocycles. The molecule has 0 aliphatic heterocycles. The highest BCUT2D eigenvalue weighted by Gasteiger charge is 2.40. The summed E-state index contributed by atoms with van der Waals surface area (Å²) >= 11 is 5.86. The Labute approximate surface area is 145 Å². The largest absolute Gasteiger partial charge is 0.456 e. The molecule has 0 spiro atoms. The Bertz CT molecular complexity index is 728. The van der Waals surface area contributed by atoms with E-state index in [1.165, 1.54) is 25.7 Å². The number of halogens is 1. The van der Waals surface area contributed by atoms with Gasteiger partial charge in [-0.25, -0.2) is 0 Å². The molecular formula is C18H19ClN2O3. The van der Waals surface area contributed by atoms with Crippen molar-refractivity contribution in [1.29, 1.82) is 0 Å². The number of fused-ring (bicyclic) bond motifs is 2. The Morgan fingerprint density at radius 3 is 2.75 bits per heavy atom. The van der Waals surface area contributed by atoms with Gasteiger partial charge in [-0.3, -0.25) is 4.79 Å². The Balaban J connectivity index is 1.30. The number of rotatable bonds is 5. The maximum Gasteiger partial charge on any atom is 0.306 e. The third-order valence-corrected chi connectivity index (χ3v) is 5.48. The summed E-state index contributed by atoms with van der Waals surface area (Å²) in [6, 6.07) is 7.13. The van der Waals surface area contributed by atoms with Crippen molar-refractivity contribution in [2.24, 2.45) is 17.8 Å². The zero-order valence-corrected chi connectivity index (χ0v) is 14.0. The molecule has 5 nitrogen and oxygen atoms in total. The normalized spacial score (nSPS) is 25.1. The van der Waals surface area contributed by atoms with Crippen molar-refractivity contribution in [2.75, 3.05) is 0 Å². The molecule has 24 heavy (non-hydrogen) atoms. The molecule has 6 heteroatoms. The van der Waals surface area contributed by atoms with Crippen LogP contribution in [-0.4, -0.2) is 16.2 Å². The Morgan fingerprint density at radius 2 is 2.04 bits per heavy atom. The fourth-order valence-corrected chi connectivity index (χ4v) is 4.19. The second-order valence-electron chi connectivity index (χ2n) is 6.81. The van der Waals surface area contributed by atoms with Crippen molar-refractivity contribution >= 4 is 17.6 Å². The summed E-state index contributed by atoms with van der Waals surface area (Å²) in [5.74, 6) is 2.60. The second-order valence-corrected chi connectivity index (χ2v) is 7.24. The molecule has 1 aromatic carbocycles. The van der Waals surface area contributed by atoms with Gasteiger partial charge < -0.3 is 9.15 Å². The minimum atomic E-state index is -0.168. The second kappa shape index (κ2) is 6.55. The predicted molar refractivity (Wildman–Crippen MR) is 88.1 cm³/mol. The molecule has 0 amide bonds. The van der Waals surface area contributed by atoms with Crippen LogP contribution in [0.25, 0.3) is 11.5 Å².